The highest BCUT2D eigenvalue weighted by Gasteiger charge is 2.24. The molecule has 1 aromatic rings. The highest BCUT2D eigenvalue weighted by molar-refractivity contribution is 9.10. The third-order valence-electron chi connectivity index (χ3n) is 3.76. The maximum absolute atomic E-state index is 13.9. The van der Waals surface area contributed by atoms with E-state index in [1.807, 2.05) is 12.1 Å². The van der Waals surface area contributed by atoms with Crippen LogP contribution in [0.2, 0.25) is 0 Å². The summed E-state index contributed by atoms with van der Waals surface area (Å²) in [6.07, 6.45) is 2.88. The maximum atomic E-state index is 13.9. The van der Waals surface area contributed by atoms with Crippen LogP contribution < -0.4 is 5.32 Å². The molecule has 0 saturated carbocycles. The van der Waals surface area contributed by atoms with E-state index in [1.165, 1.54) is 0 Å². The van der Waals surface area contributed by atoms with Crippen LogP contribution in [0.5, 0.6) is 0 Å². The highest BCUT2D eigenvalue weighted by Crippen LogP contribution is 2.23. The van der Waals surface area contributed by atoms with Gasteiger partial charge in [0.05, 0.1) is 0 Å². The minimum atomic E-state index is -0.121. The second kappa shape index (κ2) is 7.36. The smallest absolute Gasteiger partial charge is 0.127 e. The summed E-state index contributed by atoms with van der Waals surface area (Å²) in [5.74, 6) is 0.459. The molecular weight excluding hydrogens is 309 g/mol. The van der Waals surface area contributed by atoms with Gasteiger partial charge in [-0.15, -0.1) is 0 Å². The van der Waals surface area contributed by atoms with Crippen molar-refractivity contribution in [3.63, 3.8) is 0 Å². The molecule has 1 N–H and O–H groups in total. The van der Waals surface area contributed by atoms with Crippen molar-refractivity contribution in [1.82, 2.24) is 5.32 Å². The van der Waals surface area contributed by atoms with Crippen molar-refractivity contribution in [2.45, 2.75) is 32.2 Å². The summed E-state index contributed by atoms with van der Waals surface area (Å²) in [5.41, 5.74) is 0.792. The fourth-order valence-electron chi connectivity index (χ4n) is 2.71. The summed E-state index contributed by atoms with van der Waals surface area (Å²) in [5, 5.41) is 3.51. The Kier molecular flexibility index (Phi) is 5.79. The third kappa shape index (κ3) is 4.26. The fraction of sp³-hybridized carbons (Fsp3) is 0.600. The largest absolute Gasteiger partial charge is 0.381 e. The molecule has 2 rings (SSSR count). The third-order valence-corrected chi connectivity index (χ3v) is 4.25. The molecule has 0 aliphatic carbocycles. The molecule has 19 heavy (non-hydrogen) atoms. The average Bonchev–Trinajstić information content (AvgIpc) is 2.42. The van der Waals surface area contributed by atoms with E-state index in [0.717, 1.165) is 49.1 Å². The number of hydrogen-bond acceptors (Lipinski definition) is 2. The van der Waals surface area contributed by atoms with Crippen molar-refractivity contribution in [3.8, 4) is 0 Å². The van der Waals surface area contributed by atoms with Crippen molar-refractivity contribution in [2.75, 3.05) is 19.8 Å². The van der Waals surface area contributed by atoms with Crippen LogP contribution in [0.3, 0.4) is 0 Å². The molecule has 2 nitrogen and oxygen atoms in total. The van der Waals surface area contributed by atoms with Crippen LogP contribution in [0.1, 0.15) is 25.3 Å². The monoisotopic (exact) mass is 329 g/mol. The highest BCUT2D eigenvalue weighted by atomic mass is 79.9. The Balaban J connectivity index is 2.06. The summed E-state index contributed by atoms with van der Waals surface area (Å²) in [7, 11) is 0. The Bertz CT molecular complexity index is 407. The number of rotatable bonds is 5. The van der Waals surface area contributed by atoms with Gasteiger partial charge >= 0.3 is 0 Å². The van der Waals surface area contributed by atoms with E-state index >= 15 is 0 Å². The van der Waals surface area contributed by atoms with Gasteiger partial charge in [-0.25, -0.2) is 4.39 Å². The molecule has 0 amide bonds. The first-order valence-electron chi connectivity index (χ1n) is 6.95. The van der Waals surface area contributed by atoms with E-state index in [2.05, 4.69) is 28.2 Å². The van der Waals surface area contributed by atoms with E-state index in [0.29, 0.717) is 12.0 Å². The van der Waals surface area contributed by atoms with Gasteiger partial charge in [-0.05, 0) is 49.4 Å². The number of benzene rings is 1. The molecular formula is C15H21BrFNO. The normalized spacial score (nSPS) is 18.5. The van der Waals surface area contributed by atoms with Crippen LogP contribution in [0.4, 0.5) is 4.39 Å². The fourth-order valence-corrected chi connectivity index (χ4v) is 3.04. The summed E-state index contributed by atoms with van der Waals surface area (Å²) >= 11 is 3.30. The van der Waals surface area contributed by atoms with Gasteiger partial charge in [0.2, 0.25) is 0 Å². The van der Waals surface area contributed by atoms with Crippen molar-refractivity contribution in [2.24, 2.45) is 5.92 Å². The van der Waals surface area contributed by atoms with E-state index in [4.69, 9.17) is 4.74 Å². The standard InChI is InChI=1S/C15H21BrFNO/c1-2-18-15(11-5-7-19-8-6-11)9-12-3-4-13(16)10-14(12)17/h3-4,10-11,15,18H,2,5-9H2,1H3. The second-order valence-corrected chi connectivity index (χ2v) is 5.97. The van der Waals surface area contributed by atoms with Gasteiger partial charge < -0.3 is 10.1 Å². The van der Waals surface area contributed by atoms with Crippen molar-refractivity contribution in [1.29, 1.82) is 0 Å². The minimum Gasteiger partial charge on any atom is -0.381 e. The van der Waals surface area contributed by atoms with Gasteiger partial charge in [-0.2, -0.15) is 0 Å². The van der Waals surface area contributed by atoms with Crippen LogP contribution >= 0.6 is 15.9 Å². The van der Waals surface area contributed by atoms with Crippen LogP contribution in [0.25, 0.3) is 0 Å². The molecule has 0 aromatic heterocycles. The van der Waals surface area contributed by atoms with Crippen molar-refractivity contribution in [3.05, 3.63) is 34.1 Å². The Labute approximate surface area is 122 Å². The number of nitrogens with one attached hydrogen (secondary N) is 1. The average molecular weight is 330 g/mol. The van der Waals surface area contributed by atoms with Gasteiger partial charge in [0.1, 0.15) is 5.82 Å². The first-order chi connectivity index (χ1) is 9.20. The summed E-state index contributed by atoms with van der Waals surface area (Å²) in [6, 6.07) is 5.67. The van der Waals surface area contributed by atoms with Crippen LogP contribution in [0.15, 0.2) is 22.7 Å². The predicted molar refractivity (Wildman–Crippen MR) is 78.8 cm³/mol. The Morgan fingerprint density at radius 3 is 2.79 bits per heavy atom. The minimum absolute atomic E-state index is 0.121. The maximum Gasteiger partial charge on any atom is 0.127 e. The molecule has 1 fully saturated rings. The van der Waals surface area contributed by atoms with Gasteiger partial charge in [0.15, 0.2) is 0 Å². The molecule has 1 atom stereocenters. The lowest BCUT2D eigenvalue weighted by Gasteiger charge is -2.31. The molecule has 1 unspecified atom stereocenters. The lowest BCUT2D eigenvalue weighted by molar-refractivity contribution is 0.0539. The van der Waals surface area contributed by atoms with Crippen LogP contribution in [-0.4, -0.2) is 25.8 Å². The lowest BCUT2D eigenvalue weighted by Crippen LogP contribution is -2.40. The van der Waals surface area contributed by atoms with Gasteiger partial charge in [0, 0.05) is 23.7 Å². The van der Waals surface area contributed by atoms with E-state index in [-0.39, 0.29) is 5.82 Å². The predicted octanol–water partition coefficient (Wildman–Crippen LogP) is 3.54. The number of halogens is 2. The SMILES string of the molecule is CCNC(Cc1ccc(Br)cc1F)C1CCOCC1. The van der Waals surface area contributed by atoms with Gasteiger partial charge in [-0.3, -0.25) is 0 Å². The Morgan fingerprint density at radius 1 is 1.42 bits per heavy atom. The van der Waals surface area contributed by atoms with Crippen LogP contribution in [0, 0.1) is 11.7 Å². The molecule has 1 saturated heterocycles. The topological polar surface area (TPSA) is 21.3 Å². The molecule has 0 bridgehead atoms. The van der Waals surface area contributed by atoms with E-state index in [9.17, 15) is 4.39 Å². The number of ether oxygens (including phenoxy) is 1. The number of hydrogen-bond donors (Lipinski definition) is 1. The van der Waals surface area contributed by atoms with Crippen molar-refractivity contribution < 1.29 is 9.13 Å². The van der Waals surface area contributed by atoms with Gasteiger partial charge in [0.25, 0.3) is 0 Å². The molecule has 4 heteroatoms. The number of likely N-dealkylation sites (N-methyl/N-ethyl adjacent to an activating group) is 1. The molecule has 106 valence electrons. The molecule has 1 aliphatic rings. The first kappa shape index (κ1) is 14.9. The molecule has 1 heterocycles. The summed E-state index contributed by atoms with van der Waals surface area (Å²) < 4.78 is 20.1. The summed E-state index contributed by atoms with van der Waals surface area (Å²) in [4.78, 5) is 0. The first-order valence-corrected chi connectivity index (χ1v) is 7.75. The van der Waals surface area contributed by atoms with Crippen molar-refractivity contribution >= 4 is 15.9 Å². The zero-order valence-electron chi connectivity index (χ0n) is 11.3. The molecule has 0 radical (unpaired) electrons. The lowest BCUT2D eigenvalue weighted by atomic mass is 9.87. The molecule has 0 spiro atoms. The van der Waals surface area contributed by atoms with Crippen LogP contribution in [-0.2, 0) is 11.2 Å². The zero-order valence-corrected chi connectivity index (χ0v) is 12.9. The second-order valence-electron chi connectivity index (χ2n) is 5.05. The Hall–Kier alpha value is -0.450. The van der Waals surface area contributed by atoms with E-state index < -0.39 is 0 Å². The van der Waals surface area contributed by atoms with Gasteiger partial charge in [-0.1, -0.05) is 28.9 Å². The van der Waals surface area contributed by atoms with E-state index in [1.54, 1.807) is 6.07 Å². The quantitative estimate of drug-likeness (QED) is 0.892. The molecule has 1 aliphatic heterocycles. The molecule has 1 aromatic carbocycles. The zero-order chi connectivity index (χ0) is 13.7. The summed E-state index contributed by atoms with van der Waals surface area (Å²) in [6.45, 7) is 4.68. The Morgan fingerprint density at radius 2 is 2.16 bits per heavy atom.